The third kappa shape index (κ3) is 3.73. The van der Waals surface area contributed by atoms with E-state index in [2.05, 4.69) is 16.8 Å². The summed E-state index contributed by atoms with van der Waals surface area (Å²) in [6.07, 6.45) is 1.86. The molecule has 0 aliphatic carbocycles. The highest BCUT2D eigenvalue weighted by Gasteiger charge is 2.29. The number of nitrogens with one attached hydrogen (secondary N) is 1. The van der Waals surface area contributed by atoms with Gasteiger partial charge in [-0.05, 0) is 12.8 Å². The molecule has 2 N–H and O–H groups in total. The van der Waals surface area contributed by atoms with Crippen LogP contribution in [0.2, 0.25) is 0 Å². The lowest BCUT2D eigenvalue weighted by Gasteiger charge is -2.27. The average molecular weight is 336 g/mol. The maximum absolute atomic E-state index is 10.3. The summed E-state index contributed by atoms with van der Waals surface area (Å²) in [5, 5.41) is 21.4. The predicted molar refractivity (Wildman–Crippen MR) is 92.2 cm³/mol. The van der Waals surface area contributed by atoms with Gasteiger partial charge in [0.2, 0.25) is 0 Å². The number of ether oxygens (including phenoxy) is 1. The molecule has 0 radical (unpaired) electrons. The normalized spacial score (nSPS) is 19.9. The van der Waals surface area contributed by atoms with Crippen LogP contribution >= 0.6 is 11.3 Å². The quantitative estimate of drug-likeness (QED) is 0.831. The van der Waals surface area contributed by atoms with Crippen LogP contribution in [0.25, 0.3) is 5.57 Å². The summed E-state index contributed by atoms with van der Waals surface area (Å²) in [5.41, 5.74) is 1.63. The van der Waals surface area contributed by atoms with E-state index in [1.807, 2.05) is 10.3 Å². The van der Waals surface area contributed by atoms with Gasteiger partial charge in [0.1, 0.15) is 16.6 Å². The number of thiazole rings is 1. The number of amidine groups is 1. The first-order valence-electron chi connectivity index (χ1n) is 8.20. The lowest BCUT2D eigenvalue weighted by Crippen LogP contribution is -2.38. The molecule has 0 aromatic carbocycles. The number of nitrogens with zero attached hydrogens (tertiary/aromatic N) is 3. The van der Waals surface area contributed by atoms with Gasteiger partial charge in [0.15, 0.2) is 0 Å². The van der Waals surface area contributed by atoms with E-state index in [9.17, 15) is 5.11 Å². The van der Waals surface area contributed by atoms with Crippen molar-refractivity contribution in [1.82, 2.24) is 14.8 Å². The molecule has 3 heterocycles. The van der Waals surface area contributed by atoms with Crippen LogP contribution in [0.15, 0.2) is 11.1 Å². The van der Waals surface area contributed by atoms with Crippen molar-refractivity contribution in [2.75, 3.05) is 45.9 Å². The minimum atomic E-state index is 0.276. The average Bonchev–Trinajstić information content (AvgIpc) is 3.13. The van der Waals surface area contributed by atoms with Gasteiger partial charge in [-0.15, -0.1) is 11.3 Å². The molecule has 7 heteroatoms. The molecule has 0 unspecified atom stereocenters. The third-order valence-corrected chi connectivity index (χ3v) is 5.22. The summed E-state index contributed by atoms with van der Waals surface area (Å²) in [4.78, 5) is 8.85. The maximum Gasteiger partial charge on any atom is 0.135 e. The Morgan fingerprint density at radius 3 is 2.83 bits per heavy atom. The van der Waals surface area contributed by atoms with Gasteiger partial charge in [-0.25, -0.2) is 4.98 Å². The van der Waals surface area contributed by atoms with Gasteiger partial charge < -0.3 is 14.7 Å². The number of aryl methyl sites for hydroxylation is 1. The molecule has 6 nitrogen and oxygen atoms in total. The molecule has 2 aliphatic rings. The van der Waals surface area contributed by atoms with Gasteiger partial charge in [-0.2, -0.15) is 0 Å². The highest BCUT2D eigenvalue weighted by atomic mass is 32.1. The standard InChI is InChI=1S/C16H24N4O2S/c1-2-12-11-23-16(18-12)14-13(21)10-20(15(14)17)5-3-4-19-6-8-22-9-7-19/h11,17,21H,2-10H2,1H3. The minimum Gasteiger partial charge on any atom is -0.510 e. The summed E-state index contributed by atoms with van der Waals surface area (Å²) in [7, 11) is 0. The zero-order valence-corrected chi connectivity index (χ0v) is 14.4. The number of rotatable bonds is 6. The van der Waals surface area contributed by atoms with E-state index >= 15 is 0 Å². The Labute approximate surface area is 140 Å². The molecule has 0 amide bonds. The zero-order valence-electron chi connectivity index (χ0n) is 13.5. The fraction of sp³-hybridized carbons (Fsp3) is 0.625. The summed E-state index contributed by atoms with van der Waals surface area (Å²) < 4.78 is 5.35. The van der Waals surface area contributed by atoms with E-state index in [0.717, 1.165) is 62.9 Å². The molecule has 1 saturated heterocycles. The molecule has 0 atom stereocenters. The fourth-order valence-corrected chi connectivity index (χ4v) is 3.91. The third-order valence-electron chi connectivity index (χ3n) is 4.32. The van der Waals surface area contributed by atoms with Crippen LogP contribution in [0.5, 0.6) is 0 Å². The van der Waals surface area contributed by atoms with Crippen LogP contribution in [0.1, 0.15) is 24.0 Å². The summed E-state index contributed by atoms with van der Waals surface area (Å²) in [6, 6.07) is 0. The SMILES string of the molecule is CCc1csc(C2=C(O)CN(CCCN3CCOCC3)C2=N)n1. The first kappa shape index (κ1) is 16.4. The van der Waals surface area contributed by atoms with E-state index in [-0.39, 0.29) is 5.76 Å². The van der Waals surface area contributed by atoms with Crippen molar-refractivity contribution in [2.24, 2.45) is 0 Å². The lowest BCUT2D eigenvalue weighted by atomic mass is 10.2. The molecule has 0 saturated carbocycles. The highest BCUT2D eigenvalue weighted by molar-refractivity contribution is 7.11. The van der Waals surface area contributed by atoms with Crippen LogP contribution in [0, 0.1) is 5.41 Å². The van der Waals surface area contributed by atoms with Crippen LogP contribution in [-0.2, 0) is 11.2 Å². The van der Waals surface area contributed by atoms with E-state index in [4.69, 9.17) is 10.1 Å². The molecular formula is C16H24N4O2S. The van der Waals surface area contributed by atoms with E-state index in [1.54, 1.807) is 0 Å². The number of aliphatic hydroxyl groups is 1. The minimum absolute atomic E-state index is 0.276. The Morgan fingerprint density at radius 1 is 1.35 bits per heavy atom. The Bertz CT molecular complexity index is 593. The number of aliphatic hydroxyl groups excluding tert-OH is 1. The summed E-state index contributed by atoms with van der Waals surface area (Å²) in [5.74, 6) is 0.680. The van der Waals surface area contributed by atoms with Crippen molar-refractivity contribution in [3.63, 3.8) is 0 Å². The van der Waals surface area contributed by atoms with Crippen LogP contribution < -0.4 is 0 Å². The van der Waals surface area contributed by atoms with E-state index < -0.39 is 0 Å². The fourth-order valence-electron chi connectivity index (χ4n) is 2.94. The summed E-state index contributed by atoms with van der Waals surface area (Å²) >= 11 is 1.51. The topological polar surface area (TPSA) is 72.7 Å². The van der Waals surface area contributed by atoms with Gasteiger partial charge in [0.05, 0.1) is 31.0 Å². The molecule has 0 spiro atoms. The number of hydrogen-bond donors (Lipinski definition) is 2. The van der Waals surface area contributed by atoms with Crippen molar-refractivity contribution in [3.8, 4) is 0 Å². The van der Waals surface area contributed by atoms with Crippen molar-refractivity contribution in [1.29, 1.82) is 5.41 Å². The van der Waals surface area contributed by atoms with Crippen LogP contribution in [0.3, 0.4) is 0 Å². The van der Waals surface area contributed by atoms with Crippen LogP contribution in [-0.4, -0.2) is 71.7 Å². The molecule has 1 aromatic heterocycles. The second-order valence-corrected chi connectivity index (χ2v) is 6.76. The van der Waals surface area contributed by atoms with Gasteiger partial charge in [-0.3, -0.25) is 10.3 Å². The smallest absolute Gasteiger partial charge is 0.135 e. The first-order chi connectivity index (χ1) is 11.2. The molecule has 0 bridgehead atoms. The second kappa shape index (κ2) is 7.42. The predicted octanol–water partition coefficient (Wildman–Crippen LogP) is 1.99. The monoisotopic (exact) mass is 336 g/mol. The Kier molecular flexibility index (Phi) is 5.30. The maximum atomic E-state index is 10.3. The number of hydrogen-bond acceptors (Lipinski definition) is 6. The molecule has 1 fully saturated rings. The summed E-state index contributed by atoms with van der Waals surface area (Å²) in [6.45, 7) is 7.90. The van der Waals surface area contributed by atoms with Crippen molar-refractivity contribution < 1.29 is 9.84 Å². The molecule has 1 aromatic rings. The molecule has 3 rings (SSSR count). The Morgan fingerprint density at radius 2 is 2.13 bits per heavy atom. The first-order valence-corrected chi connectivity index (χ1v) is 9.08. The van der Waals surface area contributed by atoms with Crippen molar-refractivity contribution in [3.05, 3.63) is 21.8 Å². The van der Waals surface area contributed by atoms with Gasteiger partial charge in [0, 0.05) is 31.6 Å². The zero-order chi connectivity index (χ0) is 16.2. The largest absolute Gasteiger partial charge is 0.510 e. The van der Waals surface area contributed by atoms with Crippen molar-refractivity contribution >= 4 is 22.7 Å². The van der Waals surface area contributed by atoms with E-state index in [0.29, 0.717) is 18.0 Å². The molecular weight excluding hydrogens is 312 g/mol. The number of aromatic nitrogens is 1. The van der Waals surface area contributed by atoms with Gasteiger partial charge in [0.25, 0.3) is 0 Å². The van der Waals surface area contributed by atoms with Gasteiger partial charge >= 0.3 is 0 Å². The Hall–Kier alpha value is -1.44. The van der Waals surface area contributed by atoms with Gasteiger partial charge in [-0.1, -0.05) is 6.92 Å². The molecule has 126 valence electrons. The molecule has 23 heavy (non-hydrogen) atoms. The number of morpholine rings is 1. The van der Waals surface area contributed by atoms with Crippen molar-refractivity contribution in [2.45, 2.75) is 19.8 Å². The lowest BCUT2D eigenvalue weighted by molar-refractivity contribution is 0.0368. The highest BCUT2D eigenvalue weighted by Crippen LogP contribution is 2.29. The van der Waals surface area contributed by atoms with Crippen LogP contribution in [0.4, 0.5) is 0 Å². The van der Waals surface area contributed by atoms with E-state index in [1.165, 1.54) is 11.3 Å². The molecule has 2 aliphatic heterocycles. The Balaban J connectivity index is 1.54. The second-order valence-electron chi connectivity index (χ2n) is 5.90.